The number of aryl methyl sites for hydroxylation is 1. The van der Waals surface area contributed by atoms with Crippen molar-refractivity contribution >= 4 is 25.6 Å². The molecule has 106 valence electrons. The Bertz CT molecular complexity index is 588. The highest BCUT2D eigenvalue weighted by Gasteiger charge is 2.31. The third-order valence-electron chi connectivity index (χ3n) is 3.12. The van der Waals surface area contributed by atoms with E-state index in [0.717, 1.165) is 18.9 Å². The van der Waals surface area contributed by atoms with Crippen LogP contribution in [0.3, 0.4) is 0 Å². The molecule has 1 heterocycles. The highest BCUT2D eigenvalue weighted by molar-refractivity contribution is 8.13. The number of halogens is 1. The van der Waals surface area contributed by atoms with Gasteiger partial charge in [-0.25, -0.2) is 8.42 Å². The summed E-state index contributed by atoms with van der Waals surface area (Å²) >= 11 is 0. The lowest BCUT2D eigenvalue weighted by molar-refractivity contribution is 0.0172. The molecule has 1 fully saturated rings. The second-order valence-electron chi connectivity index (χ2n) is 4.47. The summed E-state index contributed by atoms with van der Waals surface area (Å²) in [6.45, 7) is 1.44. The monoisotopic (exact) mass is 307 g/mol. The predicted octanol–water partition coefficient (Wildman–Crippen LogP) is 1.42. The molecule has 0 aromatic carbocycles. The molecule has 2 rings (SSSR count). The van der Waals surface area contributed by atoms with Crippen molar-refractivity contribution < 1.29 is 22.4 Å². The Morgan fingerprint density at radius 1 is 1.53 bits per heavy atom. The average Bonchev–Trinajstić information content (AvgIpc) is 2.64. The summed E-state index contributed by atoms with van der Waals surface area (Å²) in [7, 11) is 2.95. The zero-order valence-corrected chi connectivity index (χ0v) is 12.0. The van der Waals surface area contributed by atoms with Crippen LogP contribution in [0.25, 0.3) is 0 Å². The van der Waals surface area contributed by atoms with Gasteiger partial charge in [0.15, 0.2) is 5.76 Å². The molecule has 1 aromatic rings. The Hall–Kier alpha value is -1.05. The van der Waals surface area contributed by atoms with Crippen molar-refractivity contribution in [3.05, 3.63) is 17.6 Å². The minimum absolute atomic E-state index is 0.0268. The maximum Gasteiger partial charge on any atom is 0.287 e. The fraction of sp³-hybridized carbons (Fsp3) is 0.545. The lowest BCUT2D eigenvalue weighted by Gasteiger charge is -2.34. The highest BCUT2D eigenvalue weighted by Crippen LogP contribution is 2.25. The number of methoxy groups -OCH3 is 1. The van der Waals surface area contributed by atoms with Crippen LogP contribution >= 0.6 is 10.7 Å². The van der Waals surface area contributed by atoms with Gasteiger partial charge in [0.2, 0.25) is 0 Å². The molecule has 1 aliphatic carbocycles. The number of carbonyl (C=O) groups is 1. The first-order valence-electron chi connectivity index (χ1n) is 5.70. The van der Waals surface area contributed by atoms with Crippen LogP contribution < -0.4 is 5.32 Å². The lowest BCUT2D eigenvalue weighted by Crippen LogP contribution is -2.47. The van der Waals surface area contributed by atoms with E-state index in [4.69, 9.17) is 19.8 Å². The average molecular weight is 308 g/mol. The molecule has 0 bridgehead atoms. The molecular weight excluding hydrogens is 294 g/mol. The molecule has 6 nitrogen and oxygen atoms in total. The fourth-order valence-corrected chi connectivity index (χ4v) is 3.04. The van der Waals surface area contributed by atoms with Gasteiger partial charge in [0, 0.05) is 29.9 Å². The molecule has 8 heteroatoms. The number of amides is 1. The van der Waals surface area contributed by atoms with Gasteiger partial charge >= 0.3 is 0 Å². The second-order valence-corrected chi connectivity index (χ2v) is 7.00. The molecule has 1 amide bonds. The van der Waals surface area contributed by atoms with Gasteiger partial charge in [-0.3, -0.25) is 4.79 Å². The van der Waals surface area contributed by atoms with Crippen LogP contribution in [0, 0.1) is 6.92 Å². The van der Waals surface area contributed by atoms with Crippen molar-refractivity contribution in [2.24, 2.45) is 0 Å². The van der Waals surface area contributed by atoms with Crippen molar-refractivity contribution in [3.8, 4) is 0 Å². The van der Waals surface area contributed by atoms with E-state index in [1.54, 1.807) is 7.11 Å². The Kier molecular flexibility index (Phi) is 3.89. The number of hydrogen-bond donors (Lipinski definition) is 1. The first-order chi connectivity index (χ1) is 8.81. The van der Waals surface area contributed by atoms with E-state index < -0.39 is 15.0 Å². The van der Waals surface area contributed by atoms with Crippen LogP contribution in [-0.2, 0) is 13.8 Å². The summed E-state index contributed by atoms with van der Waals surface area (Å²) in [5.41, 5.74) is 0. The standard InChI is InChI=1S/C11H14ClNO5S/c1-6-10(19(12,15)16)5-9(18-6)11(14)13-7-3-8(4-7)17-2/h5,7-8H,3-4H2,1-2H3,(H,13,14). The van der Waals surface area contributed by atoms with Gasteiger partial charge < -0.3 is 14.5 Å². The van der Waals surface area contributed by atoms with Crippen molar-refractivity contribution in [1.29, 1.82) is 0 Å². The molecule has 0 radical (unpaired) electrons. The van der Waals surface area contributed by atoms with Crippen LogP contribution in [0.1, 0.15) is 29.2 Å². The summed E-state index contributed by atoms with van der Waals surface area (Å²) < 4.78 is 32.7. The predicted molar refractivity (Wildman–Crippen MR) is 67.8 cm³/mol. The van der Waals surface area contributed by atoms with Crippen molar-refractivity contribution in [1.82, 2.24) is 5.32 Å². The van der Waals surface area contributed by atoms with Gasteiger partial charge in [-0.15, -0.1) is 0 Å². The minimum atomic E-state index is -3.90. The van der Waals surface area contributed by atoms with Crippen LogP contribution in [0.5, 0.6) is 0 Å². The molecule has 19 heavy (non-hydrogen) atoms. The zero-order chi connectivity index (χ0) is 14.2. The number of nitrogens with one attached hydrogen (secondary N) is 1. The number of ether oxygens (including phenoxy) is 1. The van der Waals surface area contributed by atoms with E-state index in [1.165, 1.54) is 6.92 Å². The van der Waals surface area contributed by atoms with Crippen molar-refractivity contribution in [2.75, 3.05) is 7.11 Å². The third-order valence-corrected chi connectivity index (χ3v) is 4.55. The fourth-order valence-electron chi connectivity index (χ4n) is 1.95. The van der Waals surface area contributed by atoms with Crippen LogP contribution in [0.2, 0.25) is 0 Å². The second kappa shape index (κ2) is 5.15. The summed E-state index contributed by atoms with van der Waals surface area (Å²) in [5.74, 6) is -0.407. The molecule has 0 aliphatic heterocycles. The first-order valence-corrected chi connectivity index (χ1v) is 8.01. The molecular formula is C11H14ClNO5S. The smallest absolute Gasteiger partial charge is 0.287 e. The Morgan fingerprint density at radius 3 is 2.63 bits per heavy atom. The number of hydrogen-bond acceptors (Lipinski definition) is 5. The van der Waals surface area contributed by atoms with Crippen LogP contribution in [0.4, 0.5) is 0 Å². The molecule has 1 N–H and O–H groups in total. The topological polar surface area (TPSA) is 85.6 Å². The molecule has 1 saturated carbocycles. The van der Waals surface area contributed by atoms with Gasteiger partial charge in [-0.2, -0.15) is 0 Å². The van der Waals surface area contributed by atoms with E-state index in [1.807, 2.05) is 0 Å². The molecule has 0 saturated heterocycles. The van der Waals surface area contributed by atoms with Gasteiger partial charge in [-0.05, 0) is 19.8 Å². The third kappa shape index (κ3) is 3.10. The largest absolute Gasteiger partial charge is 0.455 e. The number of carbonyl (C=O) groups excluding carboxylic acids is 1. The van der Waals surface area contributed by atoms with Crippen LogP contribution in [-0.4, -0.2) is 33.6 Å². The quantitative estimate of drug-likeness (QED) is 0.850. The van der Waals surface area contributed by atoms with E-state index in [-0.39, 0.29) is 28.6 Å². The SMILES string of the molecule is COC1CC(NC(=O)c2cc(S(=O)(=O)Cl)c(C)o2)C1. The number of furan rings is 1. The zero-order valence-electron chi connectivity index (χ0n) is 10.5. The molecule has 0 atom stereocenters. The molecule has 0 spiro atoms. The Balaban J connectivity index is 2.05. The normalized spacial score (nSPS) is 22.9. The minimum Gasteiger partial charge on any atom is -0.455 e. The maximum absolute atomic E-state index is 11.9. The highest BCUT2D eigenvalue weighted by atomic mass is 35.7. The van der Waals surface area contributed by atoms with E-state index in [0.29, 0.717) is 0 Å². The lowest BCUT2D eigenvalue weighted by atomic mass is 9.89. The van der Waals surface area contributed by atoms with Gasteiger partial charge in [0.1, 0.15) is 10.7 Å². The number of rotatable bonds is 4. The van der Waals surface area contributed by atoms with E-state index in [2.05, 4.69) is 5.32 Å². The molecule has 1 aromatic heterocycles. The van der Waals surface area contributed by atoms with Crippen molar-refractivity contribution in [3.63, 3.8) is 0 Å². The van der Waals surface area contributed by atoms with Gasteiger partial charge in [0.25, 0.3) is 15.0 Å². The Labute approximate surface area is 115 Å². The van der Waals surface area contributed by atoms with Gasteiger partial charge in [-0.1, -0.05) is 0 Å². The molecule has 1 aliphatic rings. The summed E-state index contributed by atoms with van der Waals surface area (Å²) in [6, 6.07) is 1.17. The van der Waals surface area contributed by atoms with Crippen molar-refractivity contribution in [2.45, 2.75) is 36.8 Å². The molecule has 0 unspecified atom stereocenters. The first kappa shape index (κ1) is 14.4. The van der Waals surface area contributed by atoms with E-state index >= 15 is 0 Å². The summed E-state index contributed by atoms with van der Waals surface area (Å²) in [5, 5.41) is 2.74. The van der Waals surface area contributed by atoms with Crippen LogP contribution in [0.15, 0.2) is 15.4 Å². The van der Waals surface area contributed by atoms with Gasteiger partial charge in [0.05, 0.1) is 6.10 Å². The summed E-state index contributed by atoms with van der Waals surface area (Å²) in [4.78, 5) is 11.7. The summed E-state index contributed by atoms with van der Waals surface area (Å²) in [6.07, 6.45) is 1.65. The Morgan fingerprint density at radius 2 is 2.16 bits per heavy atom. The maximum atomic E-state index is 11.9. The van der Waals surface area contributed by atoms with E-state index in [9.17, 15) is 13.2 Å².